The minimum Gasteiger partial charge on any atom is -0.455 e. The van der Waals surface area contributed by atoms with Crippen LogP contribution in [0.2, 0.25) is 19.6 Å². The summed E-state index contributed by atoms with van der Waals surface area (Å²) in [5, 5.41) is 5.21. The summed E-state index contributed by atoms with van der Waals surface area (Å²) in [6.45, 7) is 25.6. The van der Waals surface area contributed by atoms with Crippen LogP contribution in [0.4, 0.5) is 34.1 Å². The molecule has 0 aliphatic heterocycles. The van der Waals surface area contributed by atoms with E-state index in [1.807, 2.05) is 0 Å². The van der Waals surface area contributed by atoms with Gasteiger partial charge in [-0.3, -0.25) is 0 Å². The van der Waals surface area contributed by atoms with Crippen molar-refractivity contribution in [2.24, 2.45) is 0 Å². The van der Waals surface area contributed by atoms with E-state index in [9.17, 15) is 0 Å². The number of nitrogens with zero attached hydrogens (tertiary/aromatic N) is 2. The van der Waals surface area contributed by atoms with Gasteiger partial charge in [0.05, 0.1) is 29.4 Å². The van der Waals surface area contributed by atoms with Crippen molar-refractivity contribution < 1.29 is 4.42 Å². The second-order valence-electron chi connectivity index (χ2n) is 20.0. The lowest BCUT2D eigenvalue weighted by Gasteiger charge is -2.30. The third-order valence-corrected chi connectivity index (χ3v) is 16.2. The summed E-state index contributed by atoms with van der Waals surface area (Å²) >= 11 is 0. The van der Waals surface area contributed by atoms with E-state index in [0.29, 0.717) is 0 Å². The fourth-order valence-electron chi connectivity index (χ4n) is 9.35. The van der Waals surface area contributed by atoms with E-state index in [1.54, 1.807) is 0 Å². The van der Waals surface area contributed by atoms with Crippen molar-refractivity contribution in [3.05, 3.63) is 168 Å². The summed E-state index contributed by atoms with van der Waals surface area (Å²) < 4.78 is 7.07. The Kier molecular flexibility index (Phi) is 10.1. The van der Waals surface area contributed by atoms with Gasteiger partial charge in [0.15, 0.2) is 0 Å². The van der Waals surface area contributed by atoms with Crippen LogP contribution in [0.1, 0.15) is 77.6 Å². The minimum absolute atomic E-state index is 0.0507. The van der Waals surface area contributed by atoms with Gasteiger partial charge in [-0.2, -0.15) is 0 Å². The van der Waals surface area contributed by atoms with Gasteiger partial charge >= 0.3 is 0 Å². The first-order valence-corrected chi connectivity index (χ1v) is 27.2. The van der Waals surface area contributed by atoms with Crippen molar-refractivity contribution in [2.75, 3.05) is 9.80 Å². The third kappa shape index (κ3) is 7.16. The van der Waals surface area contributed by atoms with Gasteiger partial charge in [0, 0.05) is 44.8 Å². The normalized spacial score (nSPS) is 13.7. The van der Waals surface area contributed by atoms with Gasteiger partial charge in [-0.05, 0) is 111 Å². The summed E-state index contributed by atoms with van der Waals surface area (Å²) in [5.74, 6) is 0. The number of hydrogen-bond acceptors (Lipinski definition) is 3. The maximum absolute atomic E-state index is 7.07. The van der Waals surface area contributed by atoms with Crippen LogP contribution in [-0.4, -0.2) is 18.3 Å². The Labute approximate surface area is 367 Å². The molecule has 3 nitrogen and oxygen atoms in total. The van der Waals surface area contributed by atoms with Gasteiger partial charge in [-0.25, -0.2) is 0 Å². The maximum Gasteiger partial charge on any atom is 0.145 e. The monoisotopic (exact) mass is 832 g/mol. The minimum atomic E-state index is -0.983. The first-order chi connectivity index (χ1) is 29.0. The summed E-state index contributed by atoms with van der Waals surface area (Å²) in [6, 6.07) is 55.2. The highest BCUT2D eigenvalue weighted by molar-refractivity contribution is 6.70. The van der Waals surface area contributed by atoms with E-state index in [4.69, 9.17) is 4.42 Å². The van der Waals surface area contributed by atoms with Crippen LogP contribution in [-0.2, 0) is 16.2 Å². The second kappa shape index (κ2) is 15.1. The molecule has 7 aromatic carbocycles. The number of furan rings is 1. The average molecular weight is 833 g/mol. The molecule has 61 heavy (non-hydrogen) atoms. The molecule has 1 aliphatic carbocycles. The molecule has 8 aromatic rings. The number of fused-ring (bicyclic) bond motifs is 7. The molecule has 5 heteroatoms. The summed E-state index contributed by atoms with van der Waals surface area (Å²) in [7, 11) is -1.24. The predicted molar refractivity (Wildman–Crippen MR) is 271 cm³/mol. The molecule has 0 unspecified atom stereocenters. The number of anilines is 6. The highest BCUT2D eigenvalue weighted by Crippen LogP contribution is 2.57. The number of para-hydroxylation sites is 1. The Balaban J connectivity index is 1.26. The first kappa shape index (κ1) is 40.8. The van der Waals surface area contributed by atoms with Gasteiger partial charge in [0.2, 0.25) is 0 Å². The molecular weight excluding hydrogens is 773 g/mol. The van der Waals surface area contributed by atoms with E-state index >= 15 is 0 Å². The number of hydrogen-bond donors (Lipinski definition) is 0. The highest BCUT2D eigenvalue weighted by Gasteiger charge is 2.40. The standard InChI is InChI=1S/C56H60N2OSi2/c1-54(2,3)36-16-20-38(21-17-36)57(39-24-29-43(60-9)30-25-39)42-28-33-45-47(34-42)56(7,8)48-35-49(52-46-14-12-13-15-50(46)59-53(52)51(45)48)58(41-26-31-44(32-27-41)61(10)11)40-22-18-37(19-23-40)55(4,5)6/h12-35,61H,60H2,1-11H3. The Bertz CT molecular complexity index is 2890. The van der Waals surface area contributed by atoms with Crippen LogP contribution in [0.25, 0.3) is 33.1 Å². The topological polar surface area (TPSA) is 19.6 Å². The molecule has 308 valence electrons. The van der Waals surface area contributed by atoms with Crippen LogP contribution in [0.15, 0.2) is 150 Å². The van der Waals surface area contributed by atoms with Gasteiger partial charge in [-0.1, -0.05) is 158 Å². The molecule has 0 bridgehead atoms. The molecule has 1 heterocycles. The van der Waals surface area contributed by atoms with E-state index in [1.165, 1.54) is 49.4 Å². The molecule has 0 N–H and O–H groups in total. The van der Waals surface area contributed by atoms with E-state index in [0.717, 1.165) is 50.4 Å². The van der Waals surface area contributed by atoms with Crippen LogP contribution in [0, 0.1) is 0 Å². The Hall–Kier alpha value is -5.63. The van der Waals surface area contributed by atoms with Crippen LogP contribution >= 0.6 is 0 Å². The van der Waals surface area contributed by atoms with E-state index < -0.39 is 8.80 Å². The third-order valence-electron chi connectivity index (χ3n) is 13.2. The molecule has 1 aromatic heterocycles. The molecule has 0 saturated heterocycles. The maximum atomic E-state index is 7.07. The molecule has 0 atom stereocenters. The van der Waals surface area contributed by atoms with Crippen LogP contribution in [0.5, 0.6) is 0 Å². The highest BCUT2D eigenvalue weighted by atomic mass is 28.3. The lowest BCUT2D eigenvalue weighted by Crippen LogP contribution is -2.22. The zero-order valence-corrected chi connectivity index (χ0v) is 40.5. The smallest absolute Gasteiger partial charge is 0.145 e. The van der Waals surface area contributed by atoms with Gasteiger partial charge < -0.3 is 14.2 Å². The molecule has 0 amide bonds. The zero-order chi connectivity index (χ0) is 43.0. The van der Waals surface area contributed by atoms with Gasteiger partial charge in [0.1, 0.15) is 11.2 Å². The molecule has 0 spiro atoms. The lowest BCUT2D eigenvalue weighted by atomic mass is 9.81. The number of benzene rings is 7. The van der Waals surface area contributed by atoms with Crippen molar-refractivity contribution in [3.63, 3.8) is 0 Å². The Morgan fingerprint density at radius 1 is 0.557 bits per heavy atom. The molecule has 0 saturated carbocycles. The quantitative estimate of drug-likeness (QED) is 0.142. The largest absolute Gasteiger partial charge is 0.455 e. The van der Waals surface area contributed by atoms with Crippen molar-refractivity contribution in [2.45, 2.75) is 91.3 Å². The second-order valence-corrected chi connectivity index (χ2v) is 24.5. The zero-order valence-electron chi connectivity index (χ0n) is 37.9. The van der Waals surface area contributed by atoms with Crippen molar-refractivity contribution >= 4 is 84.8 Å². The number of rotatable bonds is 8. The molecule has 9 rings (SSSR count). The van der Waals surface area contributed by atoms with E-state index in [2.05, 4.69) is 230 Å². The summed E-state index contributed by atoms with van der Waals surface area (Å²) in [4.78, 5) is 4.90. The van der Waals surface area contributed by atoms with E-state index in [-0.39, 0.29) is 25.8 Å². The van der Waals surface area contributed by atoms with Gasteiger partial charge in [0.25, 0.3) is 0 Å². The predicted octanol–water partition coefficient (Wildman–Crippen LogP) is 14.0. The fourth-order valence-corrected chi connectivity index (χ4v) is 11.0. The van der Waals surface area contributed by atoms with Crippen LogP contribution in [0.3, 0.4) is 0 Å². The molecule has 0 radical (unpaired) electrons. The lowest BCUT2D eigenvalue weighted by molar-refractivity contribution is 0.590. The van der Waals surface area contributed by atoms with Crippen molar-refractivity contribution in [1.29, 1.82) is 0 Å². The molecule has 1 aliphatic rings. The average Bonchev–Trinajstić information content (AvgIpc) is 3.73. The first-order valence-electron chi connectivity index (χ1n) is 22.2. The Morgan fingerprint density at radius 3 is 1.61 bits per heavy atom. The van der Waals surface area contributed by atoms with Crippen molar-refractivity contribution in [1.82, 2.24) is 0 Å². The molecule has 0 fully saturated rings. The Morgan fingerprint density at radius 2 is 1.07 bits per heavy atom. The van der Waals surface area contributed by atoms with Crippen molar-refractivity contribution in [3.8, 4) is 11.1 Å². The van der Waals surface area contributed by atoms with Crippen LogP contribution < -0.4 is 20.2 Å². The van der Waals surface area contributed by atoms with Gasteiger partial charge in [-0.15, -0.1) is 0 Å². The summed E-state index contributed by atoms with van der Waals surface area (Å²) in [5.41, 5.74) is 16.2. The molecular formula is C56H60N2OSi2. The SMILES string of the molecule is C[SiH2]c1ccc(N(c2ccc(C(C)(C)C)cc2)c2ccc3c(c2)C(C)(C)c2cc(N(c4ccc([SiH](C)C)cc4)c4ccc(C(C)(C)C)cc4)c4c(oc5ccccc54)c2-3)cc1. The summed E-state index contributed by atoms with van der Waals surface area (Å²) in [6.07, 6.45) is 0. The fraction of sp³-hybridized carbons (Fsp3) is 0.250.